The van der Waals surface area contributed by atoms with Gasteiger partial charge in [-0.1, -0.05) is 146 Å². The van der Waals surface area contributed by atoms with E-state index in [1.807, 2.05) is 65.8 Å². The van der Waals surface area contributed by atoms with Gasteiger partial charge in [-0.25, -0.2) is 26.3 Å². The molecule has 2 nitrogen and oxygen atoms in total. The Labute approximate surface area is 471 Å². The molecular weight excluding hydrogens is 999 g/mol. The summed E-state index contributed by atoms with van der Waals surface area (Å²) in [6.07, 6.45) is 16.8. The predicted octanol–water partition coefficient (Wildman–Crippen LogP) is 19.9. The van der Waals surface area contributed by atoms with E-state index in [0.717, 1.165) is 80.8 Å². The molecule has 0 atom stereocenters. The molecule has 8 heteroatoms. The summed E-state index contributed by atoms with van der Waals surface area (Å²) in [6.45, 7) is 24.3. The largest absolute Gasteiger partial charge is 0.494 e. The van der Waals surface area contributed by atoms with Gasteiger partial charge < -0.3 is 9.47 Å². The first-order valence-electron chi connectivity index (χ1n) is 27.8. The number of aryl methyl sites for hydroxylation is 8. The van der Waals surface area contributed by atoms with Gasteiger partial charge in [-0.2, -0.15) is 0 Å². The Hall–Kier alpha value is -6.82. The zero-order chi connectivity index (χ0) is 57.3. The van der Waals surface area contributed by atoms with Crippen molar-refractivity contribution in [3.8, 4) is 47.0 Å². The highest BCUT2D eigenvalue weighted by atomic mass is 19.2. The normalized spacial score (nSPS) is 10.3. The second kappa shape index (κ2) is 34.2. The first-order valence-corrected chi connectivity index (χ1v) is 27.8. The number of unbranched alkanes of at least 4 members (excludes halogenated alkanes) is 10. The first-order chi connectivity index (χ1) is 37.3. The molecule has 0 spiro atoms. The number of hydrogen-bond acceptors (Lipinski definition) is 2. The Kier molecular flexibility index (Phi) is 28.8. The lowest BCUT2D eigenvalue weighted by molar-refractivity contribution is 0.304. The molecule has 0 aliphatic carbocycles. The van der Waals surface area contributed by atoms with Crippen LogP contribution in [0, 0.1) is 133 Å². The molecule has 0 heterocycles. The van der Waals surface area contributed by atoms with Gasteiger partial charge in [0.15, 0.2) is 11.6 Å². The molecule has 6 rings (SSSR count). The van der Waals surface area contributed by atoms with Crippen LogP contribution in [-0.4, -0.2) is 13.2 Å². The van der Waals surface area contributed by atoms with E-state index in [1.54, 1.807) is 0 Å². The monoisotopic (exact) mass is 1080 g/mol. The summed E-state index contributed by atoms with van der Waals surface area (Å²) < 4.78 is 93.9. The number of rotatable bonds is 18. The van der Waals surface area contributed by atoms with Gasteiger partial charge in [0, 0.05) is 38.9 Å². The fourth-order valence-corrected chi connectivity index (χ4v) is 8.75. The molecule has 0 aromatic heterocycles. The van der Waals surface area contributed by atoms with Crippen molar-refractivity contribution in [1.29, 1.82) is 0 Å². The van der Waals surface area contributed by atoms with Gasteiger partial charge in [0.05, 0.1) is 18.8 Å². The minimum Gasteiger partial charge on any atom is -0.494 e. The smallest absolute Gasteiger partial charge is 0.174 e. The number of hydrogen-bond donors (Lipinski definition) is 0. The molecule has 0 amide bonds. The van der Waals surface area contributed by atoms with E-state index in [0.29, 0.717) is 24.3 Å². The molecule has 0 aliphatic heterocycles. The van der Waals surface area contributed by atoms with E-state index in [2.05, 4.69) is 68.4 Å². The average Bonchev–Trinajstić information content (AvgIpc) is 3.39. The van der Waals surface area contributed by atoms with E-state index in [1.165, 1.54) is 133 Å². The number of benzene rings is 6. The summed E-state index contributed by atoms with van der Waals surface area (Å²) in [7, 11) is 0. The standard InChI is InChI=1S/C24H28F2.2C23H26F2O.CH4/c1-5-6-7-8-9-10-20-13-17(2)22(18(3)14-20)12-11-21-15-23(25)19(4)24(26)16-21;1-5-6-7-8-13-26-20-14-17(3)21(18(4)15-20)12-11-19-10-9-16(2)22(24)23(19)25;1-5-6-7-8-11-26-20-12-16(2)21(17(3)13-20)10-9-19-14-22(24)18(4)23(25)15-19;/h13-16H,5-10H2,1-4H3;9-10,14-15H,5-8,13H2,1-4H3;12-15H,5-8,11H2,1-4H3;1H4. The Bertz CT molecular complexity index is 2890. The summed E-state index contributed by atoms with van der Waals surface area (Å²) in [5.74, 6) is 15.3. The third-order valence-electron chi connectivity index (χ3n) is 13.5. The zero-order valence-corrected chi connectivity index (χ0v) is 48.3. The Morgan fingerprint density at radius 1 is 0.354 bits per heavy atom. The first kappa shape index (κ1) is 66.5. The third kappa shape index (κ3) is 21.4. The van der Waals surface area contributed by atoms with E-state index in [9.17, 15) is 26.3 Å². The quantitative estimate of drug-likeness (QED) is 0.0485. The Morgan fingerprint density at radius 2 is 0.696 bits per heavy atom. The molecule has 6 aromatic rings. The van der Waals surface area contributed by atoms with Crippen molar-refractivity contribution in [2.45, 2.75) is 180 Å². The van der Waals surface area contributed by atoms with Crippen molar-refractivity contribution < 1.29 is 35.8 Å². The third-order valence-corrected chi connectivity index (χ3v) is 13.5. The van der Waals surface area contributed by atoms with Gasteiger partial charge in [-0.05, 0) is 187 Å². The lowest BCUT2D eigenvalue weighted by atomic mass is 9.96. The maximum absolute atomic E-state index is 14.0. The molecule has 0 saturated heterocycles. The predicted molar refractivity (Wildman–Crippen MR) is 317 cm³/mol. The fraction of sp³-hybridized carbons (Fsp3) is 0.408. The minimum atomic E-state index is -0.889. The van der Waals surface area contributed by atoms with Gasteiger partial charge in [-0.3, -0.25) is 0 Å². The topological polar surface area (TPSA) is 18.5 Å². The van der Waals surface area contributed by atoms with Crippen LogP contribution in [0.2, 0.25) is 0 Å². The van der Waals surface area contributed by atoms with Crippen LogP contribution >= 0.6 is 0 Å². The summed E-state index contributed by atoms with van der Waals surface area (Å²) in [4.78, 5) is 0. The summed E-state index contributed by atoms with van der Waals surface area (Å²) in [5, 5.41) is 0. The van der Waals surface area contributed by atoms with Gasteiger partial charge in [0.2, 0.25) is 0 Å². The van der Waals surface area contributed by atoms with Crippen LogP contribution in [0.25, 0.3) is 0 Å². The van der Waals surface area contributed by atoms with Gasteiger partial charge in [0.25, 0.3) is 0 Å². The van der Waals surface area contributed by atoms with Crippen LogP contribution in [-0.2, 0) is 6.42 Å². The molecule has 0 saturated carbocycles. The maximum Gasteiger partial charge on any atom is 0.174 e. The van der Waals surface area contributed by atoms with Crippen LogP contribution in [0.1, 0.15) is 201 Å². The lowest BCUT2D eigenvalue weighted by Gasteiger charge is -2.10. The van der Waals surface area contributed by atoms with E-state index < -0.39 is 34.9 Å². The molecule has 6 aromatic carbocycles. The van der Waals surface area contributed by atoms with Crippen LogP contribution in [0.3, 0.4) is 0 Å². The van der Waals surface area contributed by atoms with Crippen molar-refractivity contribution in [2.24, 2.45) is 0 Å². The van der Waals surface area contributed by atoms with Gasteiger partial charge in [0.1, 0.15) is 34.8 Å². The molecular formula is C71H84F6O2. The molecule has 0 N–H and O–H groups in total. The second-order valence-corrected chi connectivity index (χ2v) is 20.4. The van der Waals surface area contributed by atoms with Crippen LogP contribution < -0.4 is 9.47 Å². The highest BCUT2D eigenvalue weighted by Crippen LogP contribution is 2.25. The summed E-state index contributed by atoms with van der Waals surface area (Å²) in [5.41, 5.74) is 11.2. The van der Waals surface area contributed by atoms with Crippen molar-refractivity contribution >= 4 is 0 Å². The molecule has 0 radical (unpaired) electrons. The number of ether oxygens (including phenoxy) is 2. The lowest BCUT2D eigenvalue weighted by Crippen LogP contribution is -1.99. The van der Waals surface area contributed by atoms with Gasteiger partial charge >= 0.3 is 0 Å². The summed E-state index contributed by atoms with van der Waals surface area (Å²) in [6, 6.07) is 20.4. The SMILES string of the molecule is C.CCCCCCCc1cc(C)c(C#Cc2cc(F)c(C)c(F)c2)c(C)c1.CCCCCCOc1cc(C)c(C#Cc2cc(F)c(C)c(F)c2)c(C)c1.CCCCCCOc1cc(C)c(C#Cc2ccc(C)c(F)c2F)c(C)c1. The molecule has 0 bridgehead atoms. The van der Waals surface area contributed by atoms with Crippen molar-refractivity contribution in [1.82, 2.24) is 0 Å². The van der Waals surface area contributed by atoms with Crippen LogP contribution in [0.4, 0.5) is 26.3 Å². The average molecular weight is 1080 g/mol. The van der Waals surface area contributed by atoms with Gasteiger partial charge in [-0.15, -0.1) is 0 Å². The van der Waals surface area contributed by atoms with Crippen molar-refractivity contribution in [3.05, 3.63) is 197 Å². The van der Waals surface area contributed by atoms with E-state index in [4.69, 9.17) is 9.47 Å². The van der Waals surface area contributed by atoms with Crippen LogP contribution in [0.15, 0.2) is 72.8 Å². The maximum atomic E-state index is 14.0. The van der Waals surface area contributed by atoms with Crippen molar-refractivity contribution in [2.75, 3.05) is 13.2 Å². The highest BCUT2D eigenvalue weighted by molar-refractivity contribution is 5.55. The zero-order valence-electron chi connectivity index (χ0n) is 48.3. The Balaban J connectivity index is 0.000000309. The molecule has 0 unspecified atom stereocenters. The van der Waals surface area contributed by atoms with Crippen molar-refractivity contribution in [3.63, 3.8) is 0 Å². The van der Waals surface area contributed by atoms with E-state index >= 15 is 0 Å². The molecule has 0 fully saturated rings. The molecule has 422 valence electrons. The highest BCUT2D eigenvalue weighted by Gasteiger charge is 2.12. The van der Waals surface area contributed by atoms with Crippen LogP contribution in [0.5, 0.6) is 11.5 Å². The molecule has 0 aliphatic rings. The molecule has 79 heavy (non-hydrogen) atoms. The fourth-order valence-electron chi connectivity index (χ4n) is 8.75. The minimum absolute atomic E-state index is 0. The second-order valence-electron chi connectivity index (χ2n) is 20.4. The Morgan fingerprint density at radius 3 is 1.08 bits per heavy atom. The summed E-state index contributed by atoms with van der Waals surface area (Å²) >= 11 is 0. The number of halogens is 6. The van der Waals surface area contributed by atoms with E-state index in [-0.39, 0.29) is 29.7 Å².